The first-order chi connectivity index (χ1) is 10.6. The van der Waals surface area contributed by atoms with Crippen LogP contribution in [0.15, 0.2) is 23.0 Å². The Morgan fingerprint density at radius 2 is 1.96 bits per heavy atom. The minimum Gasteiger partial charge on any atom is -0.497 e. The summed E-state index contributed by atoms with van der Waals surface area (Å²) < 4.78 is 6.76. The van der Waals surface area contributed by atoms with Gasteiger partial charge in [-0.05, 0) is 12.1 Å². The highest BCUT2D eigenvalue weighted by Gasteiger charge is 2.24. The largest absolute Gasteiger partial charge is 0.497 e. The summed E-state index contributed by atoms with van der Waals surface area (Å²) in [7, 11) is 1.57. The smallest absolute Gasteiger partial charge is 0.273 e. The molecule has 0 amide bonds. The maximum absolute atomic E-state index is 12.8. The summed E-state index contributed by atoms with van der Waals surface area (Å²) in [6.07, 6.45) is 0. The number of Topliss-reactive ketones (excluding diaryl/α,β-unsaturated/α-hetero) is 1. The molecule has 0 bridgehead atoms. The summed E-state index contributed by atoms with van der Waals surface area (Å²) in [6.45, 7) is 9.45. The fourth-order valence-corrected chi connectivity index (χ4v) is 2.28. The Kier molecular flexibility index (Phi) is 4.59. The molecule has 23 heavy (non-hydrogen) atoms. The average molecular weight is 316 g/mol. The van der Waals surface area contributed by atoms with Crippen molar-refractivity contribution in [1.82, 2.24) is 9.55 Å². The SMILES string of the molecule is COc1ccc2nc(C(C)C)c(=O)n(CC(=O)C(C)(C)C)c2c1. The van der Waals surface area contributed by atoms with Gasteiger partial charge < -0.3 is 4.74 Å². The molecular formula is C18H24N2O3. The average Bonchev–Trinajstić information content (AvgIpc) is 2.47. The molecule has 0 atom stereocenters. The van der Waals surface area contributed by atoms with Gasteiger partial charge in [0, 0.05) is 17.4 Å². The van der Waals surface area contributed by atoms with Crippen molar-refractivity contribution < 1.29 is 9.53 Å². The zero-order chi connectivity index (χ0) is 17.4. The fourth-order valence-electron chi connectivity index (χ4n) is 2.28. The van der Waals surface area contributed by atoms with Crippen LogP contribution >= 0.6 is 0 Å². The van der Waals surface area contributed by atoms with Crippen LogP contribution in [0.25, 0.3) is 11.0 Å². The molecule has 5 heteroatoms. The maximum atomic E-state index is 12.8. The van der Waals surface area contributed by atoms with Crippen LogP contribution in [0.4, 0.5) is 0 Å². The summed E-state index contributed by atoms with van der Waals surface area (Å²) in [6, 6.07) is 5.38. The van der Waals surface area contributed by atoms with Gasteiger partial charge in [-0.1, -0.05) is 34.6 Å². The van der Waals surface area contributed by atoms with E-state index in [1.54, 1.807) is 19.2 Å². The van der Waals surface area contributed by atoms with Crippen molar-refractivity contribution in [2.45, 2.75) is 47.1 Å². The molecule has 0 spiro atoms. The second kappa shape index (κ2) is 6.14. The van der Waals surface area contributed by atoms with Gasteiger partial charge in [-0.15, -0.1) is 0 Å². The number of nitrogens with zero attached hydrogens (tertiary/aromatic N) is 2. The minimum absolute atomic E-state index is 0.00428. The van der Waals surface area contributed by atoms with Gasteiger partial charge in [-0.2, -0.15) is 0 Å². The summed E-state index contributed by atoms with van der Waals surface area (Å²) in [5.41, 5.74) is 1.07. The van der Waals surface area contributed by atoms with Gasteiger partial charge in [0.15, 0.2) is 5.78 Å². The van der Waals surface area contributed by atoms with Crippen LogP contribution in [0.2, 0.25) is 0 Å². The van der Waals surface area contributed by atoms with E-state index in [0.717, 1.165) is 0 Å². The predicted molar refractivity (Wildman–Crippen MR) is 91.1 cm³/mol. The molecule has 1 heterocycles. The zero-order valence-corrected chi connectivity index (χ0v) is 14.6. The Morgan fingerprint density at radius 1 is 1.30 bits per heavy atom. The normalized spacial score (nSPS) is 12.0. The van der Waals surface area contributed by atoms with Crippen LogP contribution in [0, 0.1) is 5.41 Å². The van der Waals surface area contributed by atoms with Crippen molar-refractivity contribution in [3.05, 3.63) is 34.2 Å². The Hall–Kier alpha value is -2.17. The number of hydrogen-bond donors (Lipinski definition) is 0. The van der Waals surface area contributed by atoms with Gasteiger partial charge in [-0.3, -0.25) is 14.2 Å². The number of hydrogen-bond acceptors (Lipinski definition) is 4. The third-order valence-corrected chi connectivity index (χ3v) is 3.86. The van der Waals surface area contributed by atoms with E-state index >= 15 is 0 Å². The lowest BCUT2D eigenvalue weighted by Gasteiger charge is -2.19. The first kappa shape index (κ1) is 17.2. The summed E-state index contributed by atoms with van der Waals surface area (Å²) in [5.74, 6) is 0.627. The Morgan fingerprint density at radius 3 is 2.48 bits per heavy atom. The molecule has 0 saturated carbocycles. The lowest BCUT2D eigenvalue weighted by molar-refractivity contribution is -0.126. The van der Waals surface area contributed by atoms with Gasteiger partial charge in [0.05, 0.1) is 24.7 Å². The lowest BCUT2D eigenvalue weighted by atomic mass is 9.91. The molecule has 0 aliphatic carbocycles. The third-order valence-electron chi connectivity index (χ3n) is 3.86. The third kappa shape index (κ3) is 3.44. The van der Waals surface area contributed by atoms with Crippen LogP contribution in [-0.4, -0.2) is 22.4 Å². The van der Waals surface area contributed by atoms with E-state index in [-0.39, 0.29) is 23.8 Å². The van der Waals surface area contributed by atoms with Crippen LogP contribution in [0.3, 0.4) is 0 Å². The molecule has 0 aliphatic rings. The van der Waals surface area contributed by atoms with Crippen molar-refractivity contribution in [1.29, 1.82) is 0 Å². The van der Waals surface area contributed by atoms with Crippen LogP contribution in [0.5, 0.6) is 5.75 Å². The zero-order valence-electron chi connectivity index (χ0n) is 14.6. The number of ether oxygens (including phenoxy) is 1. The quantitative estimate of drug-likeness (QED) is 0.869. The highest BCUT2D eigenvalue weighted by atomic mass is 16.5. The number of aromatic nitrogens is 2. The summed E-state index contributed by atoms with van der Waals surface area (Å²) >= 11 is 0. The van der Waals surface area contributed by atoms with E-state index in [1.165, 1.54) is 4.57 Å². The highest BCUT2D eigenvalue weighted by Crippen LogP contribution is 2.22. The number of fused-ring (bicyclic) bond motifs is 1. The predicted octanol–water partition coefficient (Wildman–Crippen LogP) is 3.14. The minimum atomic E-state index is -0.508. The molecule has 124 valence electrons. The van der Waals surface area contributed by atoms with Crippen molar-refractivity contribution in [3.63, 3.8) is 0 Å². The van der Waals surface area contributed by atoms with Crippen LogP contribution in [-0.2, 0) is 11.3 Å². The van der Waals surface area contributed by atoms with Gasteiger partial charge in [0.2, 0.25) is 0 Å². The maximum Gasteiger partial charge on any atom is 0.273 e. The molecule has 0 radical (unpaired) electrons. The first-order valence-corrected chi connectivity index (χ1v) is 7.77. The number of rotatable bonds is 4. The second-order valence-electron chi connectivity index (χ2n) is 7.07. The Bertz CT molecular complexity index is 798. The standard InChI is InChI=1S/C18H24N2O3/c1-11(2)16-17(22)20(10-15(21)18(3,4)5)14-9-12(23-6)7-8-13(14)19-16/h7-9,11H,10H2,1-6H3. The number of ketones is 1. The number of benzene rings is 1. The van der Waals surface area contributed by atoms with Crippen molar-refractivity contribution >= 4 is 16.8 Å². The molecule has 0 fully saturated rings. The number of carbonyl (C=O) groups is 1. The fraction of sp³-hybridized carbons (Fsp3) is 0.500. The molecule has 0 N–H and O–H groups in total. The van der Waals surface area contributed by atoms with E-state index in [2.05, 4.69) is 4.98 Å². The summed E-state index contributed by atoms with van der Waals surface area (Å²) in [5, 5.41) is 0. The molecule has 0 saturated heterocycles. The molecule has 0 unspecified atom stereocenters. The number of carbonyl (C=O) groups excluding carboxylic acids is 1. The van der Waals surface area contributed by atoms with E-state index < -0.39 is 5.41 Å². The molecule has 2 aromatic rings. The number of methoxy groups -OCH3 is 1. The van der Waals surface area contributed by atoms with Gasteiger partial charge in [-0.25, -0.2) is 4.98 Å². The highest BCUT2D eigenvalue weighted by molar-refractivity contribution is 5.85. The van der Waals surface area contributed by atoms with Crippen LogP contribution < -0.4 is 10.3 Å². The van der Waals surface area contributed by atoms with Crippen LogP contribution in [0.1, 0.15) is 46.2 Å². The van der Waals surface area contributed by atoms with E-state index in [9.17, 15) is 9.59 Å². The lowest BCUT2D eigenvalue weighted by Crippen LogP contribution is -2.33. The van der Waals surface area contributed by atoms with Crippen molar-refractivity contribution in [3.8, 4) is 5.75 Å². The first-order valence-electron chi connectivity index (χ1n) is 7.77. The van der Waals surface area contributed by atoms with Crippen molar-refractivity contribution in [2.75, 3.05) is 7.11 Å². The van der Waals surface area contributed by atoms with E-state index in [1.807, 2.05) is 40.7 Å². The van der Waals surface area contributed by atoms with Gasteiger partial charge in [0.1, 0.15) is 11.4 Å². The second-order valence-corrected chi connectivity index (χ2v) is 7.07. The van der Waals surface area contributed by atoms with Gasteiger partial charge in [0.25, 0.3) is 5.56 Å². The summed E-state index contributed by atoms with van der Waals surface area (Å²) in [4.78, 5) is 29.7. The molecule has 1 aromatic carbocycles. The topological polar surface area (TPSA) is 61.2 Å². The molecular weight excluding hydrogens is 292 g/mol. The molecule has 1 aromatic heterocycles. The van der Waals surface area contributed by atoms with Gasteiger partial charge >= 0.3 is 0 Å². The van der Waals surface area contributed by atoms with E-state index in [4.69, 9.17) is 4.74 Å². The molecule has 2 rings (SSSR count). The Balaban J connectivity index is 2.73. The molecule has 0 aliphatic heterocycles. The van der Waals surface area contributed by atoms with Crippen molar-refractivity contribution in [2.24, 2.45) is 5.41 Å². The Labute approximate surface area is 136 Å². The molecule has 5 nitrogen and oxygen atoms in total. The monoisotopic (exact) mass is 316 g/mol. The van der Waals surface area contributed by atoms with E-state index in [0.29, 0.717) is 22.5 Å².